The van der Waals surface area contributed by atoms with Crippen LogP contribution in [0.5, 0.6) is 0 Å². The molecule has 1 aliphatic heterocycles. The number of rotatable bonds is 6. The maximum atomic E-state index is 13.6. The Morgan fingerprint density at radius 1 is 1.07 bits per heavy atom. The number of benzene rings is 2. The second-order valence-corrected chi connectivity index (χ2v) is 8.34. The van der Waals surface area contributed by atoms with Crippen LogP contribution in [-0.4, -0.2) is 41.1 Å². The first-order valence-corrected chi connectivity index (χ1v) is 10.5. The normalized spacial score (nSPS) is 15.0. The van der Waals surface area contributed by atoms with E-state index >= 15 is 0 Å². The van der Waals surface area contributed by atoms with Crippen molar-refractivity contribution in [1.29, 1.82) is 0 Å². The average Bonchev–Trinajstić information content (AvgIpc) is 2.68. The van der Waals surface area contributed by atoms with Crippen molar-refractivity contribution in [2.75, 3.05) is 42.9 Å². The second kappa shape index (κ2) is 8.22. The van der Waals surface area contributed by atoms with Crippen LogP contribution in [0.3, 0.4) is 0 Å². The van der Waals surface area contributed by atoms with Gasteiger partial charge >= 0.3 is 0 Å². The van der Waals surface area contributed by atoms with Crippen LogP contribution in [0.2, 0.25) is 0 Å². The van der Waals surface area contributed by atoms with Gasteiger partial charge in [0, 0.05) is 38.4 Å². The molecule has 1 aliphatic rings. The molecule has 0 unspecified atom stereocenters. The number of halogens is 2. The van der Waals surface area contributed by atoms with Crippen LogP contribution in [0.1, 0.15) is 13.3 Å². The molecule has 0 amide bonds. The fourth-order valence-electron chi connectivity index (χ4n) is 3.04. The van der Waals surface area contributed by atoms with Crippen LogP contribution in [0.25, 0.3) is 0 Å². The Labute approximate surface area is 158 Å². The molecular weight excluding hydrogens is 372 g/mol. The maximum Gasteiger partial charge on any atom is 0.208 e. The van der Waals surface area contributed by atoms with Gasteiger partial charge in [-0.05, 0) is 42.8 Å². The monoisotopic (exact) mass is 395 g/mol. The number of hydrogen-bond donors (Lipinski definition) is 2. The summed E-state index contributed by atoms with van der Waals surface area (Å²) < 4.78 is 52.8. The molecule has 0 atom stereocenters. The van der Waals surface area contributed by atoms with E-state index < -0.39 is 21.5 Å². The van der Waals surface area contributed by atoms with Crippen molar-refractivity contribution in [3.63, 3.8) is 0 Å². The van der Waals surface area contributed by atoms with Crippen molar-refractivity contribution in [1.82, 2.24) is 5.32 Å². The molecule has 5 nitrogen and oxygen atoms in total. The molecule has 0 radical (unpaired) electrons. The molecule has 2 aromatic rings. The molecule has 146 valence electrons. The van der Waals surface area contributed by atoms with Gasteiger partial charge in [0.15, 0.2) is 11.6 Å². The molecule has 27 heavy (non-hydrogen) atoms. The van der Waals surface area contributed by atoms with E-state index in [2.05, 4.69) is 15.5 Å². The van der Waals surface area contributed by atoms with Crippen molar-refractivity contribution in [2.45, 2.75) is 23.1 Å². The van der Waals surface area contributed by atoms with Crippen LogP contribution in [0.4, 0.5) is 20.2 Å². The minimum atomic E-state index is -3.99. The summed E-state index contributed by atoms with van der Waals surface area (Å²) in [5.74, 6) is -2.26. The first kappa shape index (κ1) is 19.6. The number of hydrogen-bond acceptors (Lipinski definition) is 5. The quantitative estimate of drug-likeness (QED) is 0.737. The molecule has 2 N–H and O–H groups in total. The largest absolute Gasteiger partial charge is 0.384 e. The first-order valence-electron chi connectivity index (χ1n) is 8.97. The summed E-state index contributed by atoms with van der Waals surface area (Å²) in [6, 6.07) is 7.74. The van der Waals surface area contributed by atoms with E-state index in [1.54, 1.807) is 6.07 Å². The molecule has 2 aromatic carbocycles. The van der Waals surface area contributed by atoms with Crippen molar-refractivity contribution in [3.8, 4) is 0 Å². The standard InChI is InChI=1S/C19H23F2N3O2S/c1-2-7-23-18-12-14(24-10-8-22-9-11-24)3-6-19(18)27(25,26)15-4-5-16(20)17(21)13-15/h3-6,12-13,22-23H,2,7-11H2,1H3. The van der Waals surface area contributed by atoms with Gasteiger partial charge < -0.3 is 15.5 Å². The third-order valence-corrected chi connectivity index (χ3v) is 6.31. The molecule has 0 bridgehead atoms. The average molecular weight is 395 g/mol. The van der Waals surface area contributed by atoms with E-state index in [9.17, 15) is 17.2 Å². The molecule has 0 aliphatic carbocycles. The van der Waals surface area contributed by atoms with E-state index in [0.717, 1.165) is 56.5 Å². The minimum absolute atomic E-state index is 0.0563. The van der Waals surface area contributed by atoms with Crippen LogP contribution in [0, 0.1) is 11.6 Å². The Balaban J connectivity index is 2.02. The third-order valence-electron chi connectivity index (χ3n) is 4.50. The Kier molecular flexibility index (Phi) is 5.96. The Morgan fingerprint density at radius 3 is 2.48 bits per heavy atom. The summed E-state index contributed by atoms with van der Waals surface area (Å²) in [6.45, 7) is 5.99. The van der Waals surface area contributed by atoms with E-state index in [-0.39, 0.29) is 9.79 Å². The lowest BCUT2D eigenvalue weighted by molar-refractivity contribution is 0.504. The summed E-state index contributed by atoms with van der Waals surface area (Å²) in [5.41, 5.74) is 1.40. The molecule has 0 spiro atoms. The lowest BCUT2D eigenvalue weighted by Gasteiger charge is -2.30. The predicted molar refractivity (Wildman–Crippen MR) is 102 cm³/mol. The van der Waals surface area contributed by atoms with E-state index in [1.165, 1.54) is 6.07 Å². The predicted octanol–water partition coefficient (Wildman–Crippen LogP) is 3.03. The van der Waals surface area contributed by atoms with Crippen molar-refractivity contribution >= 4 is 21.2 Å². The highest BCUT2D eigenvalue weighted by molar-refractivity contribution is 7.91. The summed E-state index contributed by atoms with van der Waals surface area (Å²) in [5, 5.41) is 6.44. The van der Waals surface area contributed by atoms with Crippen LogP contribution in [0.15, 0.2) is 46.2 Å². The van der Waals surface area contributed by atoms with Gasteiger partial charge in [-0.25, -0.2) is 17.2 Å². The van der Waals surface area contributed by atoms with Gasteiger partial charge in [0.1, 0.15) is 0 Å². The van der Waals surface area contributed by atoms with Gasteiger partial charge in [0.05, 0.1) is 15.5 Å². The molecule has 8 heteroatoms. The lowest BCUT2D eigenvalue weighted by atomic mass is 10.2. The molecule has 1 saturated heterocycles. The van der Waals surface area contributed by atoms with Crippen LogP contribution in [-0.2, 0) is 9.84 Å². The fourth-order valence-corrected chi connectivity index (χ4v) is 4.47. The number of piperazine rings is 1. The number of nitrogens with zero attached hydrogens (tertiary/aromatic N) is 1. The van der Waals surface area contributed by atoms with E-state index in [1.807, 2.05) is 13.0 Å². The van der Waals surface area contributed by atoms with Crippen LogP contribution < -0.4 is 15.5 Å². The zero-order valence-corrected chi connectivity index (χ0v) is 16.0. The van der Waals surface area contributed by atoms with Gasteiger partial charge in [0.2, 0.25) is 9.84 Å². The van der Waals surface area contributed by atoms with Crippen molar-refractivity contribution < 1.29 is 17.2 Å². The Bertz CT molecular complexity index is 913. The fraction of sp³-hybridized carbons (Fsp3) is 0.368. The highest BCUT2D eigenvalue weighted by Crippen LogP contribution is 2.32. The molecule has 3 rings (SSSR count). The zero-order valence-electron chi connectivity index (χ0n) is 15.1. The van der Waals surface area contributed by atoms with Crippen LogP contribution >= 0.6 is 0 Å². The highest BCUT2D eigenvalue weighted by atomic mass is 32.2. The summed E-state index contributed by atoms with van der Waals surface area (Å²) in [6.07, 6.45) is 0.822. The first-order chi connectivity index (χ1) is 12.9. The summed E-state index contributed by atoms with van der Waals surface area (Å²) in [4.78, 5) is 1.97. The smallest absolute Gasteiger partial charge is 0.208 e. The van der Waals surface area contributed by atoms with Gasteiger partial charge in [-0.15, -0.1) is 0 Å². The van der Waals surface area contributed by atoms with Crippen molar-refractivity contribution in [2.24, 2.45) is 0 Å². The number of sulfone groups is 1. The molecule has 1 fully saturated rings. The second-order valence-electron chi connectivity index (χ2n) is 6.42. The lowest BCUT2D eigenvalue weighted by Crippen LogP contribution is -2.43. The molecule has 1 heterocycles. The van der Waals surface area contributed by atoms with Crippen molar-refractivity contribution in [3.05, 3.63) is 48.0 Å². The maximum absolute atomic E-state index is 13.6. The summed E-state index contributed by atoms with van der Waals surface area (Å²) in [7, 11) is -3.99. The SMILES string of the molecule is CCCNc1cc(N2CCNCC2)ccc1S(=O)(=O)c1ccc(F)c(F)c1. The Morgan fingerprint density at radius 2 is 1.81 bits per heavy atom. The van der Waals surface area contributed by atoms with Gasteiger partial charge in [0.25, 0.3) is 0 Å². The highest BCUT2D eigenvalue weighted by Gasteiger charge is 2.24. The van der Waals surface area contributed by atoms with Gasteiger partial charge in [-0.3, -0.25) is 0 Å². The third kappa shape index (κ3) is 4.22. The van der Waals surface area contributed by atoms with E-state index in [0.29, 0.717) is 12.2 Å². The minimum Gasteiger partial charge on any atom is -0.384 e. The summed E-state index contributed by atoms with van der Waals surface area (Å²) >= 11 is 0. The molecule has 0 saturated carbocycles. The number of nitrogens with one attached hydrogen (secondary N) is 2. The van der Waals surface area contributed by atoms with Gasteiger partial charge in [-0.1, -0.05) is 6.92 Å². The Hall–Kier alpha value is -2.19. The molecular formula is C19H23F2N3O2S. The number of anilines is 2. The topological polar surface area (TPSA) is 61.4 Å². The zero-order chi connectivity index (χ0) is 19.4. The van der Waals surface area contributed by atoms with Gasteiger partial charge in [-0.2, -0.15) is 0 Å². The van der Waals surface area contributed by atoms with E-state index in [4.69, 9.17) is 0 Å². The molecule has 0 aromatic heterocycles.